The van der Waals surface area contributed by atoms with Gasteiger partial charge in [-0.1, -0.05) is 23.7 Å². The molecule has 0 bridgehead atoms. The second-order valence-electron chi connectivity index (χ2n) is 11.5. The molecular weight excluding hydrogens is 745 g/mol. The van der Waals surface area contributed by atoms with Crippen molar-refractivity contribution in [3.05, 3.63) is 98.4 Å². The maximum absolute atomic E-state index is 13.6. The highest BCUT2D eigenvalue weighted by Gasteiger charge is 2.29. The molecule has 1 fully saturated rings. The van der Waals surface area contributed by atoms with Gasteiger partial charge in [-0.05, 0) is 48.0 Å². The van der Waals surface area contributed by atoms with Crippen molar-refractivity contribution < 1.29 is 17.2 Å². The van der Waals surface area contributed by atoms with Crippen molar-refractivity contribution in [3.63, 3.8) is 0 Å². The van der Waals surface area contributed by atoms with Gasteiger partial charge in [0, 0.05) is 68.0 Å². The van der Waals surface area contributed by atoms with Crippen molar-refractivity contribution in [3.8, 4) is 0 Å². The number of fused-ring (bicyclic) bond motifs is 2. The highest BCUT2D eigenvalue weighted by atomic mass is 35.5. The average Bonchev–Trinajstić information content (AvgIpc) is 3.68. The van der Waals surface area contributed by atoms with Gasteiger partial charge in [0.25, 0.3) is 5.56 Å². The summed E-state index contributed by atoms with van der Waals surface area (Å²) >= 11 is 11.8. The molecular formula is C32H28Cl2F2N10O3S2. The molecule has 0 aliphatic carbocycles. The number of anilines is 6. The van der Waals surface area contributed by atoms with E-state index in [1.807, 2.05) is 9.80 Å². The van der Waals surface area contributed by atoms with Gasteiger partial charge in [-0.2, -0.15) is 15.1 Å². The summed E-state index contributed by atoms with van der Waals surface area (Å²) in [5, 5.41) is 12.5. The number of hydrogen-bond donors (Lipinski definition) is 3. The van der Waals surface area contributed by atoms with Crippen molar-refractivity contribution in [1.82, 2.24) is 30.1 Å². The number of nitrogens with one attached hydrogen (secondary N) is 3. The summed E-state index contributed by atoms with van der Waals surface area (Å²) in [6.45, 7) is 2.31. The van der Waals surface area contributed by atoms with E-state index in [-0.39, 0.29) is 27.6 Å². The first-order valence-corrected chi connectivity index (χ1v) is 19.0. The minimum Gasteiger partial charge on any atom is -0.363 e. The van der Waals surface area contributed by atoms with Crippen LogP contribution in [0.25, 0.3) is 0 Å². The largest absolute Gasteiger partial charge is 0.363 e. The second-order valence-corrected chi connectivity index (χ2v) is 15.3. The summed E-state index contributed by atoms with van der Waals surface area (Å²) in [7, 11) is -2.34. The van der Waals surface area contributed by atoms with Crippen molar-refractivity contribution in [2.45, 2.75) is 22.6 Å². The molecule has 2 aromatic carbocycles. The van der Waals surface area contributed by atoms with Gasteiger partial charge >= 0.3 is 0 Å². The third-order valence-corrected chi connectivity index (χ3v) is 11.4. The van der Waals surface area contributed by atoms with Gasteiger partial charge in [0.15, 0.2) is 16.8 Å². The van der Waals surface area contributed by atoms with Crippen LogP contribution in [-0.2, 0) is 34.4 Å². The van der Waals surface area contributed by atoms with Crippen LogP contribution < -0.4 is 26.0 Å². The van der Waals surface area contributed by atoms with E-state index in [0.29, 0.717) is 101 Å². The number of rotatable bonds is 6. The van der Waals surface area contributed by atoms with Crippen LogP contribution >= 0.6 is 23.2 Å². The average molecular weight is 774 g/mol. The Balaban J connectivity index is 0.000000182. The Morgan fingerprint density at radius 3 is 1.86 bits per heavy atom. The Morgan fingerprint density at radius 2 is 1.27 bits per heavy atom. The summed E-state index contributed by atoms with van der Waals surface area (Å²) in [6, 6.07) is 13.6. The summed E-state index contributed by atoms with van der Waals surface area (Å²) in [5.41, 5.74) is 2.67. The van der Waals surface area contributed by atoms with Gasteiger partial charge in [-0.25, -0.2) is 23.8 Å². The Bertz CT molecular complexity index is 2240. The van der Waals surface area contributed by atoms with Crippen LogP contribution in [0.1, 0.15) is 11.4 Å². The molecule has 0 saturated carbocycles. The van der Waals surface area contributed by atoms with Crippen LogP contribution in [0.3, 0.4) is 0 Å². The number of piperazine rings is 1. The van der Waals surface area contributed by atoms with Crippen molar-refractivity contribution >= 4 is 79.4 Å². The number of aryl methyl sites for hydroxylation is 2. The van der Waals surface area contributed by atoms with Crippen LogP contribution in [0.5, 0.6) is 0 Å². The summed E-state index contributed by atoms with van der Waals surface area (Å²) in [4.78, 5) is 34.6. The fraction of sp³-hybridized carbons (Fsp3) is 0.250. The molecule has 13 nitrogen and oxygen atoms in total. The summed E-state index contributed by atoms with van der Waals surface area (Å²) in [6.07, 6.45) is 1.21. The van der Waals surface area contributed by atoms with Gasteiger partial charge in [-0.3, -0.25) is 13.2 Å². The Labute approximate surface area is 304 Å². The fourth-order valence-corrected chi connectivity index (χ4v) is 8.77. The number of halogens is 4. The Morgan fingerprint density at radius 1 is 0.725 bits per heavy atom. The lowest BCUT2D eigenvalue weighted by Crippen LogP contribution is -2.48. The molecule has 51 heavy (non-hydrogen) atoms. The van der Waals surface area contributed by atoms with Crippen LogP contribution in [-0.4, -0.2) is 76.2 Å². The molecule has 0 radical (unpaired) electrons. The van der Waals surface area contributed by atoms with Crippen LogP contribution in [0.4, 0.5) is 43.4 Å². The van der Waals surface area contributed by atoms with E-state index in [2.05, 4.69) is 40.8 Å². The summed E-state index contributed by atoms with van der Waals surface area (Å²) < 4.78 is 51.2. The minimum absolute atomic E-state index is 0.0940. The van der Waals surface area contributed by atoms with E-state index in [4.69, 9.17) is 23.2 Å². The molecule has 8 rings (SSSR count). The zero-order chi connectivity index (χ0) is 35.6. The normalized spacial score (nSPS) is 17.7. The zero-order valence-corrected chi connectivity index (χ0v) is 29.7. The highest BCUT2D eigenvalue weighted by Crippen LogP contribution is 2.33. The van der Waals surface area contributed by atoms with E-state index in [1.54, 1.807) is 30.3 Å². The first-order valence-electron chi connectivity index (χ1n) is 15.7. The van der Waals surface area contributed by atoms with Crippen molar-refractivity contribution in [2.24, 2.45) is 0 Å². The van der Waals surface area contributed by atoms with E-state index in [1.165, 1.54) is 24.3 Å². The van der Waals surface area contributed by atoms with Crippen LogP contribution in [0.2, 0.25) is 10.4 Å². The number of benzene rings is 2. The minimum atomic E-state index is -1.20. The van der Waals surface area contributed by atoms with E-state index in [9.17, 15) is 22.0 Å². The Hall–Kier alpha value is -4.58. The SMILES string of the molecule is O=S1CCc2nc(Cl)nc(Nc3cccc(F)c3)c21.O=c1[nH]nc(Cl)cc1N1CCN(c2nc3c(c(Nc4cccc(F)c4)n2)S(=O)CC3)CC1. The third-order valence-electron chi connectivity index (χ3n) is 8.17. The standard InChI is InChI=1S/C20H19ClFN7O2S.C12H9ClFN3OS/c21-16-11-15(19(30)27-26-16)28-5-7-29(8-6-28)20-24-14-4-9-32(31)17(14)18(25-20)23-13-3-1-2-12(22)10-13;13-12-16-9-4-5-19(18)10(9)11(17-12)15-8-3-1-2-7(14)6-8/h1-3,10-11H,4-9H2,(H,27,30)(H,23,24,25);1-3,6H,4-5H2,(H,15,16,17). The van der Waals surface area contributed by atoms with Gasteiger partial charge in [-0.15, -0.1) is 0 Å². The molecule has 0 spiro atoms. The first-order chi connectivity index (χ1) is 24.6. The predicted octanol–water partition coefficient (Wildman–Crippen LogP) is 4.76. The van der Waals surface area contributed by atoms with Crippen LogP contribution in [0.15, 0.2) is 69.2 Å². The lowest BCUT2D eigenvalue weighted by molar-refractivity contribution is 0.628. The van der Waals surface area contributed by atoms with Gasteiger partial charge in [0.05, 0.1) is 33.0 Å². The van der Waals surface area contributed by atoms with E-state index >= 15 is 0 Å². The molecule has 6 heterocycles. The van der Waals surface area contributed by atoms with Gasteiger partial charge in [0.1, 0.15) is 27.1 Å². The quantitative estimate of drug-likeness (QED) is 0.203. The number of aromatic amines is 1. The molecule has 3 aromatic heterocycles. The molecule has 264 valence electrons. The van der Waals surface area contributed by atoms with E-state index in [0.717, 1.165) is 5.69 Å². The maximum Gasteiger partial charge on any atom is 0.287 e. The second kappa shape index (κ2) is 15.0. The molecule has 2 unspecified atom stereocenters. The molecule has 5 aromatic rings. The fourth-order valence-electron chi connectivity index (χ4n) is 5.82. The Kier molecular flexibility index (Phi) is 10.2. The number of nitrogens with zero attached hydrogens (tertiary/aromatic N) is 7. The smallest absolute Gasteiger partial charge is 0.287 e. The third kappa shape index (κ3) is 7.85. The van der Waals surface area contributed by atoms with Crippen molar-refractivity contribution in [2.75, 3.05) is 58.1 Å². The van der Waals surface area contributed by atoms with Gasteiger partial charge in [0.2, 0.25) is 11.2 Å². The molecule has 3 aliphatic rings. The lowest BCUT2D eigenvalue weighted by Gasteiger charge is -2.35. The number of H-pyrrole nitrogens is 1. The number of aromatic nitrogens is 6. The number of hydrogen-bond acceptors (Lipinski definition) is 12. The molecule has 19 heteroatoms. The summed E-state index contributed by atoms with van der Waals surface area (Å²) in [5.74, 6) is 1.62. The first kappa shape index (κ1) is 34.9. The molecule has 3 N–H and O–H groups in total. The van der Waals surface area contributed by atoms with Gasteiger partial charge < -0.3 is 20.4 Å². The zero-order valence-electron chi connectivity index (χ0n) is 26.5. The topological polar surface area (TPSA) is 162 Å². The highest BCUT2D eigenvalue weighted by molar-refractivity contribution is 7.85. The predicted molar refractivity (Wildman–Crippen MR) is 193 cm³/mol. The van der Waals surface area contributed by atoms with Crippen LogP contribution in [0, 0.1) is 11.6 Å². The maximum atomic E-state index is 13.6. The monoisotopic (exact) mass is 772 g/mol. The lowest BCUT2D eigenvalue weighted by atomic mass is 10.2. The van der Waals surface area contributed by atoms with E-state index < -0.39 is 21.6 Å². The van der Waals surface area contributed by atoms with Crippen molar-refractivity contribution in [1.29, 1.82) is 0 Å². The molecule has 2 atom stereocenters. The molecule has 3 aliphatic heterocycles. The molecule has 0 amide bonds. The molecule has 1 saturated heterocycles.